The van der Waals surface area contributed by atoms with Crippen LogP contribution in [-0.2, 0) is 0 Å². The first-order chi connectivity index (χ1) is 5.27. The minimum Gasteiger partial charge on any atom is -0.263 e. The first-order valence-electron chi connectivity index (χ1n) is 3.92. The van der Waals surface area contributed by atoms with Crippen molar-refractivity contribution in [3.63, 3.8) is 0 Å². The molecule has 2 rings (SSSR count). The lowest BCUT2D eigenvalue weighted by molar-refractivity contribution is -0.527. The maximum absolute atomic E-state index is 10.3. The maximum Gasteiger partial charge on any atom is 0.279 e. The molecule has 1 aliphatic heterocycles. The molecule has 0 amide bonds. The van der Waals surface area contributed by atoms with Crippen LogP contribution >= 0.6 is 0 Å². The van der Waals surface area contributed by atoms with Gasteiger partial charge in [-0.25, -0.2) is 5.43 Å². The summed E-state index contributed by atoms with van der Waals surface area (Å²) in [5.41, 5.74) is 5.64. The third-order valence-electron chi connectivity index (χ3n) is 2.36. The molecule has 62 valence electrons. The average Bonchev–Trinajstić information content (AvgIpc) is 2.68. The quantitative estimate of drug-likeness (QED) is 0.432. The Morgan fingerprint density at radius 3 is 2.55 bits per heavy atom. The summed E-state index contributed by atoms with van der Waals surface area (Å²) in [5.74, 6) is 0.687. The highest BCUT2D eigenvalue weighted by atomic mass is 16.6. The van der Waals surface area contributed by atoms with Crippen molar-refractivity contribution in [3.8, 4) is 0 Å². The summed E-state index contributed by atoms with van der Waals surface area (Å²) in [4.78, 5) is 10.0. The molecule has 2 unspecified atom stereocenters. The number of hydrazine groups is 1. The number of nitrogens with one attached hydrogen (secondary N) is 2. The van der Waals surface area contributed by atoms with Crippen LogP contribution in [0.3, 0.4) is 0 Å². The summed E-state index contributed by atoms with van der Waals surface area (Å²) in [7, 11) is 0. The van der Waals surface area contributed by atoms with Gasteiger partial charge in [0.05, 0.1) is 0 Å². The Balaban J connectivity index is 1.87. The largest absolute Gasteiger partial charge is 0.279 e. The van der Waals surface area contributed by atoms with Crippen LogP contribution in [0.4, 0.5) is 0 Å². The standard InChI is InChI=1S/C6H11N3O2/c10-9(11)6-3-5(7-8-6)4-1-2-4/h4-8H,1-3H2. The van der Waals surface area contributed by atoms with E-state index in [1.54, 1.807) is 0 Å². The fourth-order valence-corrected chi connectivity index (χ4v) is 1.51. The molecule has 2 N–H and O–H groups in total. The Kier molecular flexibility index (Phi) is 1.54. The molecule has 5 heteroatoms. The summed E-state index contributed by atoms with van der Waals surface area (Å²) in [6, 6.07) is 0.338. The molecule has 11 heavy (non-hydrogen) atoms. The molecular weight excluding hydrogens is 146 g/mol. The van der Waals surface area contributed by atoms with E-state index in [1.807, 2.05) is 0 Å². The topological polar surface area (TPSA) is 67.2 Å². The van der Waals surface area contributed by atoms with Gasteiger partial charge in [-0.15, -0.1) is 0 Å². The molecule has 2 aliphatic rings. The van der Waals surface area contributed by atoms with Crippen molar-refractivity contribution >= 4 is 0 Å². The van der Waals surface area contributed by atoms with Gasteiger partial charge >= 0.3 is 0 Å². The lowest BCUT2D eigenvalue weighted by atomic mass is 10.1. The van der Waals surface area contributed by atoms with Crippen molar-refractivity contribution in [1.29, 1.82) is 0 Å². The third kappa shape index (κ3) is 1.34. The summed E-state index contributed by atoms with van der Waals surface area (Å²) >= 11 is 0. The zero-order valence-corrected chi connectivity index (χ0v) is 6.12. The number of rotatable bonds is 2. The van der Waals surface area contributed by atoms with Gasteiger partial charge in [0.2, 0.25) is 0 Å². The molecule has 1 heterocycles. The number of hydrogen-bond donors (Lipinski definition) is 2. The molecule has 0 bridgehead atoms. The van der Waals surface area contributed by atoms with E-state index in [2.05, 4.69) is 10.9 Å². The minimum atomic E-state index is -0.569. The molecule has 0 aromatic heterocycles. The SMILES string of the molecule is O=[N+]([O-])C1CC(C2CC2)NN1. The minimum absolute atomic E-state index is 0.268. The summed E-state index contributed by atoms with van der Waals surface area (Å²) < 4.78 is 0. The van der Waals surface area contributed by atoms with Gasteiger partial charge in [-0.3, -0.25) is 10.1 Å². The monoisotopic (exact) mass is 157 g/mol. The maximum atomic E-state index is 10.3. The Hall–Kier alpha value is -0.680. The second-order valence-electron chi connectivity index (χ2n) is 3.27. The van der Waals surface area contributed by atoms with E-state index in [1.165, 1.54) is 12.8 Å². The predicted octanol–water partition coefficient (Wildman–Crippen LogP) is -0.134. The Labute approximate surface area is 64.3 Å². The van der Waals surface area contributed by atoms with Gasteiger partial charge in [-0.1, -0.05) is 0 Å². The van der Waals surface area contributed by atoms with Gasteiger partial charge in [0.1, 0.15) is 0 Å². The zero-order valence-electron chi connectivity index (χ0n) is 6.12. The number of hydrogen-bond acceptors (Lipinski definition) is 4. The first kappa shape index (κ1) is 7.00. The van der Waals surface area contributed by atoms with Crippen molar-refractivity contribution in [1.82, 2.24) is 10.9 Å². The van der Waals surface area contributed by atoms with E-state index in [9.17, 15) is 10.1 Å². The van der Waals surface area contributed by atoms with Crippen LogP contribution in [0, 0.1) is 16.0 Å². The molecule has 0 aromatic carbocycles. The van der Waals surface area contributed by atoms with Gasteiger partial charge in [0.15, 0.2) is 0 Å². The molecule has 1 saturated carbocycles. The molecule has 0 aromatic rings. The van der Waals surface area contributed by atoms with E-state index >= 15 is 0 Å². The Morgan fingerprint density at radius 1 is 1.36 bits per heavy atom. The van der Waals surface area contributed by atoms with Crippen molar-refractivity contribution in [3.05, 3.63) is 10.1 Å². The van der Waals surface area contributed by atoms with Gasteiger partial charge < -0.3 is 0 Å². The fraction of sp³-hybridized carbons (Fsp3) is 1.00. The number of nitro groups is 1. The van der Waals surface area contributed by atoms with E-state index in [-0.39, 0.29) is 4.92 Å². The lowest BCUT2D eigenvalue weighted by Crippen LogP contribution is -2.37. The molecule has 5 nitrogen and oxygen atoms in total. The van der Waals surface area contributed by atoms with Gasteiger partial charge in [-0.05, 0) is 18.8 Å². The molecule has 0 spiro atoms. The fourth-order valence-electron chi connectivity index (χ4n) is 1.51. The highest BCUT2D eigenvalue weighted by molar-refractivity contribution is 4.89. The smallest absolute Gasteiger partial charge is 0.263 e. The van der Waals surface area contributed by atoms with E-state index in [0.717, 1.165) is 0 Å². The lowest BCUT2D eigenvalue weighted by Gasteiger charge is -2.02. The van der Waals surface area contributed by atoms with E-state index in [0.29, 0.717) is 18.4 Å². The summed E-state index contributed by atoms with van der Waals surface area (Å²) in [5, 5.41) is 10.3. The summed E-state index contributed by atoms with van der Waals surface area (Å²) in [6.07, 6.45) is 2.52. The van der Waals surface area contributed by atoms with E-state index < -0.39 is 6.17 Å². The van der Waals surface area contributed by atoms with Crippen LogP contribution in [0.25, 0.3) is 0 Å². The van der Waals surface area contributed by atoms with Crippen molar-refractivity contribution < 1.29 is 4.92 Å². The predicted molar refractivity (Wildman–Crippen MR) is 38.2 cm³/mol. The second-order valence-corrected chi connectivity index (χ2v) is 3.27. The molecule has 0 radical (unpaired) electrons. The van der Waals surface area contributed by atoms with Crippen LogP contribution in [-0.4, -0.2) is 17.1 Å². The highest BCUT2D eigenvalue weighted by Gasteiger charge is 2.40. The molecule has 1 saturated heterocycles. The molecule has 1 aliphatic carbocycles. The Bertz CT molecular complexity index is 181. The second kappa shape index (κ2) is 2.42. The van der Waals surface area contributed by atoms with Crippen molar-refractivity contribution in [2.45, 2.75) is 31.5 Å². The normalized spacial score (nSPS) is 37.5. The molecule has 2 atom stereocenters. The third-order valence-corrected chi connectivity index (χ3v) is 2.36. The zero-order chi connectivity index (χ0) is 7.84. The van der Waals surface area contributed by atoms with Crippen LogP contribution < -0.4 is 10.9 Å². The van der Waals surface area contributed by atoms with Crippen LogP contribution in [0.5, 0.6) is 0 Å². The summed E-state index contributed by atoms with van der Waals surface area (Å²) in [6.45, 7) is 0. The van der Waals surface area contributed by atoms with E-state index in [4.69, 9.17) is 0 Å². The van der Waals surface area contributed by atoms with Gasteiger partial charge in [-0.2, -0.15) is 5.43 Å². The van der Waals surface area contributed by atoms with Gasteiger partial charge in [0, 0.05) is 17.4 Å². The van der Waals surface area contributed by atoms with Crippen LogP contribution in [0.1, 0.15) is 19.3 Å². The number of nitrogens with zero attached hydrogens (tertiary/aromatic N) is 1. The molecule has 2 fully saturated rings. The van der Waals surface area contributed by atoms with Crippen LogP contribution in [0.15, 0.2) is 0 Å². The van der Waals surface area contributed by atoms with Crippen molar-refractivity contribution in [2.75, 3.05) is 0 Å². The van der Waals surface area contributed by atoms with Gasteiger partial charge in [0.25, 0.3) is 6.17 Å². The van der Waals surface area contributed by atoms with Crippen molar-refractivity contribution in [2.24, 2.45) is 5.92 Å². The van der Waals surface area contributed by atoms with Crippen LogP contribution in [0.2, 0.25) is 0 Å². The average molecular weight is 157 g/mol. The molecular formula is C6H11N3O2. The first-order valence-corrected chi connectivity index (χ1v) is 3.92. The highest BCUT2D eigenvalue weighted by Crippen LogP contribution is 2.35. The Morgan fingerprint density at radius 2 is 2.09 bits per heavy atom.